The fourth-order valence-corrected chi connectivity index (χ4v) is 2.66. The maximum absolute atomic E-state index is 12.7. The SMILES string of the molecule is [2H]C([2H])([2H])N(c1cncnc1)c1cc(CC(=O)c2cccc(C#C)c2)ccc1Cl. The van der Waals surface area contributed by atoms with Crippen LogP contribution >= 0.6 is 11.6 Å². The van der Waals surface area contributed by atoms with E-state index in [1.807, 2.05) is 0 Å². The summed E-state index contributed by atoms with van der Waals surface area (Å²) in [6.45, 7) is -2.53. The fourth-order valence-electron chi connectivity index (χ4n) is 2.46. The Morgan fingerprint density at radius 2 is 2.08 bits per heavy atom. The molecule has 5 heteroatoms. The highest BCUT2D eigenvalue weighted by Crippen LogP contribution is 2.31. The summed E-state index contributed by atoms with van der Waals surface area (Å²) in [6.07, 6.45) is 9.54. The monoisotopic (exact) mass is 364 g/mol. The molecule has 0 N–H and O–H groups in total. The van der Waals surface area contributed by atoms with Gasteiger partial charge in [0.05, 0.1) is 28.8 Å². The zero-order valence-corrected chi connectivity index (χ0v) is 14.4. The van der Waals surface area contributed by atoms with Crippen molar-refractivity contribution in [2.75, 3.05) is 11.9 Å². The first-order chi connectivity index (χ1) is 13.8. The van der Waals surface area contributed by atoms with Gasteiger partial charge in [0.2, 0.25) is 0 Å². The van der Waals surface area contributed by atoms with Crippen molar-refractivity contribution in [3.8, 4) is 12.3 Å². The summed E-state index contributed by atoms with van der Waals surface area (Å²) in [5.41, 5.74) is 2.22. The molecular formula is C21H16ClN3O. The number of benzene rings is 2. The fraction of sp³-hybridized carbons (Fsp3) is 0.0952. The van der Waals surface area contributed by atoms with Gasteiger partial charge in [-0.15, -0.1) is 6.42 Å². The van der Waals surface area contributed by atoms with Crippen molar-refractivity contribution >= 4 is 28.8 Å². The second-order valence-electron chi connectivity index (χ2n) is 5.54. The Labute approximate surface area is 161 Å². The number of ketones is 1. The van der Waals surface area contributed by atoms with Crippen molar-refractivity contribution in [3.63, 3.8) is 0 Å². The van der Waals surface area contributed by atoms with Crippen molar-refractivity contribution in [2.45, 2.75) is 6.42 Å². The molecule has 0 spiro atoms. The molecule has 0 unspecified atom stereocenters. The normalized spacial score (nSPS) is 12.4. The predicted molar refractivity (Wildman–Crippen MR) is 104 cm³/mol. The molecule has 3 rings (SSSR count). The van der Waals surface area contributed by atoms with E-state index in [0.29, 0.717) is 16.7 Å². The number of aromatic nitrogens is 2. The van der Waals surface area contributed by atoms with Crippen LogP contribution < -0.4 is 4.90 Å². The molecule has 26 heavy (non-hydrogen) atoms. The first kappa shape index (κ1) is 14.1. The zero-order chi connectivity index (χ0) is 21.0. The highest BCUT2D eigenvalue weighted by atomic mass is 35.5. The van der Waals surface area contributed by atoms with Crippen LogP contribution in [0.25, 0.3) is 0 Å². The van der Waals surface area contributed by atoms with Crippen LogP contribution in [0.4, 0.5) is 11.4 Å². The number of carbonyl (C=O) groups excluding carboxylic acids is 1. The van der Waals surface area contributed by atoms with Crippen LogP contribution in [0, 0.1) is 12.3 Å². The van der Waals surface area contributed by atoms with E-state index in [4.69, 9.17) is 22.1 Å². The van der Waals surface area contributed by atoms with Crippen molar-refractivity contribution < 1.29 is 8.91 Å². The molecule has 3 aromatic rings. The molecule has 1 heterocycles. The Morgan fingerprint density at radius 1 is 1.27 bits per heavy atom. The average molecular weight is 365 g/mol. The maximum atomic E-state index is 12.7. The van der Waals surface area contributed by atoms with Gasteiger partial charge in [0.25, 0.3) is 0 Å². The Morgan fingerprint density at radius 3 is 2.81 bits per heavy atom. The number of hydrogen-bond acceptors (Lipinski definition) is 4. The lowest BCUT2D eigenvalue weighted by Crippen LogP contribution is -2.11. The Bertz CT molecular complexity index is 1080. The van der Waals surface area contributed by atoms with Crippen molar-refractivity contribution in [1.29, 1.82) is 0 Å². The summed E-state index contributed by atoms with van der Waals surface area (Å²) < 4.78 is 23.7. The summed E-state index contributed by atoms with van der Waals surface area (Å²) in [6, 6.07) is 11.7. The van der Waals surface area contributed by atoms with E-state index < -0.39 is 6.98 Å². The molecule has 0 atom stereocenters. The van der Waals surface area contributed by atoms with Crippen LogP contribution in [0.2, 0.25) is 5.02 Å². The number of nitrogens with zero attached hydrogens (tertiary/aromatic N) is 3. The quantitative estimate of drug-likeness (QED) is 0.500. The third-order valence-electron chi connectivity index (χ3n) is 3.77. The van der Waals surface area contributed by atoms with Crippen LogP contribution in [0.15, 0.2) is 61.2 Å². The second-order valence-corrected chi connectivity index (χ2v) is 5.95. The lowest BCUT2D eigenvalue weighted by molar-refractivity contribution is 0.0993. The van der Waals surface area contributed by atoms with Gasteiger partial charge in [-0.1, -0.05) is 35.7 Å². The first-order valence-corrected chi connectivity index (χ1v) is 8.11. The molecule has 0 fully saturated rings. The zero-order valence-electron chi connectivity index (χ0n) is 16.7. The van der Waals surface area contributed by atoms with E-state index >= 15 is 0 Å². The van der Waals surface area contributed by atoms with Crippen LogP contribution in [0.3, 0.4) is 0 Å². The molecule has 2 aromatic carbocycles. The summed E-state index contributed by atoms with van der Waals surface area (Å²) in [7, 11) is 0. The number of rotatable bonds is 5. The minimum atomic E-state index is -2.53. The van der Waals surface area contributed by atoms with E-state index in [2.05, 4.69) is 15.9 Å². The van der Waals surface area contributed by atoms with Crippen molar-refractivity contribution in [3.05, 3.63) is 82.9 Å². The largest absolute Gasteiger partial charge is 0.341 e. The number of terminal acetylenes is 1. The van der Waals surface area contributed by atoms with E-state index in [9.17, 15) is 4.79 Å². The minimum Gasteiger partial charge on any atom is -0.341 e. The van der Waals surface area contributed by atoms with Crippen molar-refractivity contribution in [2.24, 2.45) is 0 Å². The van der Waals surface area contributed by atoms with Gasteiger partial charge in [-0.2, -0.15) is 0 Å². The van der Waals surface area contributed by atoms with E-state index in [-0.39, 0.29) is 28.6 Å². The van der Waals surface area contributed by atoms with Gasteiger partial charge in [-0.05, 0) is 29.8 Å². The summed E-state index contributed by atoms with van der Waals surface area (Å²) in [4.78, 5) is 21.5. The molecule has 0 saturated heterocycles. The maximum Gasteiger partial charge on any atom is 0.167 e. The first-order valence-electron chi connectivity index (χ1n) is 9.23. The third kappa shape index (κ3) is 3.90. The Hall–Kier alpha value is -3.16. The average Bonchev–Trinajstić information content (AvgIpc) is 2.70. The molecule has 128 valence electrons. The lowest BCUT2D eigenvalue weighted by Gasteiger charge is -2.20. The van der Waals surface area contributed by atoms with Gasteiger partial charge in [0.15, 0.2) is 5.78 Å². The van der Waals surface area contributed by atoms with Gasteiger partial charge in [0.1, 0.15) is 6.33 Å². The number of anilines is 2. The summed E-state index contributed by atoms with van der Waals surface area (Å²) in [5, 5.41) is 0.232. The van der Waals surface area contributed by atoms with Crippen LogP contribution in [-0.2, 0) is 6.42 Å². The third-order valence-corrected chi connectivity index (χ3v) is 4.09. The molecule has 0 bridgehead atoms. The smallest absolute Gasteiger partial charge is 0.167 e. The summed E-state index contributed by atoms with van der Waals surface area (Å²) >= 11 is 6.30. The van der Waals surface area contributed by atoms with Gasteiger partial charge < -0.3 is 4.90 Å². The number of halogens is 1. The van der Waals surface area contributed by atoms with Gasteiger partial charge in [0, 0.05) is 28.6 Å². The molecule has 0 saturated carbocycles. The highest BCUT2D eigenvalue weighted by Gasteiger charge is 2.13. The van der Waals surface area contributed by atoms with E-state index in [1.54, 1.807) is 42.5 Å². The molecule has 1 aromatic heterocycles. The van der Waals surface area contributed by atoms with Crippen LogP contribution in [0.1, 0.15) is 25.6 Å². The topological polar surface area (TPSA) is 46.1 Å². The lowest BCUT2D eigenvalue weighted by atomic mass is 10.0. The molecule has 0 amide bonds. The highest BCUT2D eigenvalue weighted by molar-refractivity contribution is 6.33. The van der Waals surface area contributed by atoms with Gasteiger partial charge >= 0.3 is 0 Å². The Kier molecular flexibility index (Phi) is 4.22. The molecule has 0 aliphatic carbocycles. The van der Waals surface area contributed by atoms with E-state index in [1.165, 1.54) is 18.7 Å². The number of hydrogen-bond donors (Lipinski definition) is 0. The van der Waals surface area contributed by atoms with Gasteiger partial charge in [-0.3, -0.25) is 4.79 Å². The molecule has 4 nitrogen and oxygen atoms in total. The molecule has 0 aliphatic rings. The molecular weight excluding hydrogens is 346 g/mol. The van der Waals surface area contributed by atoms with E-state index in [0.717, 1.165) is 4.90 Å². The second kappa shape index (κ2) is 7.81. The number of carbonyl (C=O) groups is 1. The minimum absolute atomic E-state index is 0.0678. The van der Waals surface area contributed by atoms with Crippen molar-refractivity contribution in [1.82, 2.24) is 9.97 Å². The molecule has 0 aliphatic heterocycles. The summed E-state index contributed by atoms with van der Waals surface area (Å²) in [5.74, 6) is 2.36. The Balaban J connectivity index is 1.97. The van der Waals surface area contributed by atoms with Crippen LogP contribution in [0.5, 0.6) is 0 Å². The predicted octanol–water partition coefficient (Wildman–Crippen LogP) is 4.30. The van der Waals surface area contributed by atoms with Gasteiger partial charge in [-0.25, -0.2) is 9.97 Å². The number of Topliss-reactive ketones (excluding diaryl/α,β-unsaturated/α-hetero) is 1. The standard InChI is InChI=1S/C21H16ClN3O/c1-3-15-5-4-6-17(9-15)21(26)11-16-7-8-19(22)20(10-16)25(2)18-12-23-14-24-13-18/h1,4-10,12-14H,11H2,2H3/i2D3. The van der Waals surface area contributed by atoms with Crippen LogP contribution in [-0.4, -0.2) is 22.7 Å². The molecule has 0 radical (unpaired) electrons.